The zero-order valence-electron chi connectivity index (χ0n) is 23.4. The summed E-state index contributed by atoms with van der Waals surface area (Å²) in [6.07, 6.45) is 2.32. The third kappa shape index (κ3) is 7.59. The van der Waals surface area contributed by atoms with E-state index in [9.17, 15) is 19.5 Å². The van der Waals surface area contributed by atoms with Crippen LogP contribution in [0.2, 0.25) is 0 Å². The van der Waals surface area contributed by atoms with Crippen molar-refractivity contribution in [1.82, 2.24) is 20.3 Å². The Kier molecular flexibility index (Phi) is 9.18. The van der Waals surface area contributed by atoms with E-state index in [1.807, 2.05) is 19.9 Å². The maximum Gasteiger partial charge on any atom is 0.335 e. The molecule has 0 radical (unpaired) electrons. The minimum atomic E-state index is -1.02. The summed E-state index contributed by atoms with van der Waals surface area (Å²) in [5, 5.41) is 17.9. The molecule has 0 spiro atoms. The second-order valence-electron chi connectivity index (χ2n) is 10.1. The number of pyridine rings is 1. The number of urea groups is 1. The molecule has 2 aromatic carbocycles. The zero-order valence-corrected chi connectivity index (χ0v) is 23.4. The number of hydrogen-bond donors (Lipinski definition) is 5. The molecular formula is C30H34N6O5. The van der Waals surface area contributed by atoms with Gasteiger partial charge in [0.25, 0.3) is 0 Å². The standard InChI is InChI=1S/C30H34N6O5/c1-5-41-25-14-19(8-10-22(25)35-30(40)36-27-18(4)7-6-12-31-27)15-26(37)32-24(13-17(2)3)28-33-21-11-9-20(29(38)39)16-23(21)34-28/h6-12,14,16-17,24H,5,13,15H2,1-4H3,(H,32,37)(H,33,34)(H,38,39)(H2,31,35,36,40). The van der Waals surface area contributed by atoms with E-state index in [4.69, 9.17) is 4.74 Å². The summed E-state index contributed by atoms with van der Waals surface area (Å²) in [6.45, 7) is 8.16. The van der Waals surface area contributed by atoms with Crippen molar-refractivity contribution in [3.63, 3.8) is 0 Å². The number of ether oxygens (including phenoxy) is 1. The fourth-order valence-electron chi connectivity index (χ4n) is 4.40. The van der Waals surface area contributed by atoms with Crippen molar-refractivity contribution < 1.29 is 24.2 Å². The van der Waals surface area contributed by atoms with Crippen molar-refractivity contribution in [2.24, 2.45) is 5.92 Å². The van der Waals surface area contributed by atoms with Gasteiger partial charge in [-0.15, -0.1) is 0 Å². The molecule has 3 amide bonds. The number of carbonyl (C=O) groups excluding carboxylic acids is 2. The lowest BCUT2D eigenvalue weighted by molar-refractivity contribution is -0.121. The van der Waals surface area contributed by atoms with Crippen LogP contribution in [0, 0.1) is 12.8 Å². The van der Waals surface area contributed by atoms with Gasteiger partial charge >= 0.3 is 12.0 Å². The van der Waals surface area contributed by atoms with Crippen LogP contribution in [-0.4, -0.2) is 44.6 Å². The molecule has 0 bridgehead atoms. The summed E-state index contributed by atoms with van der Waals surface area (Å²) in [5.41, 5.74) is 3.37. The number of aromatic nitrogens is 3. The maximum atomic E-state index is 13.1. The first-order valence-corrected chi connectivity index (χ1v) is 13.4. The first-order valence-electron chi connectivity index (χ1n) is 13.4. The van der Waals surface area contributed by atoms with Crippen LogP contribution in [0.15, 0.2) is 54.7 Å². The number of imidazole rings is 1. The molecule has 2 heterocycles. The Morgan fingerprint density at radius 1 is 1.07 bits per heavy atom. The second kappa shape index (κ2) is 12.9. The predicted octanol–water partition coefficient (Wildman–Crippen LogP) is 5.45. The molecule has 0 saturated carbocycles. The molecule has 11 nitrogen and oxygen atoms in total. The lowest BCUT2D eigenvalue weighted by Crippen LogP contribution is -2.31. The van der Waals surface area contributed by atoms with Crippen LogP contribution in [-0.2, 0) is 11.2 Å². The fraction of sp³-hybridized carbons (Fsp3) is 0.300. The number of aryl methyl sites for hydroxylation is 1. The van der Waals surface area contributed by atoms with Gasteiger partial charge in [0.1, 0.15) is 17.4 Å². The van der Waals surface area contributed by atoms with Crippen molar-refractivity contribution in [3.8, 4) is 5.75 Å². The van der Waals surface area contributed by atoms with Crippen LogP contribution >= 0.6 is 0 Å². The van der Waals surface area contributed by atoms with Crippen LogP contribution in [0.1, 0.15) is 60.5 Å². The number of carbonyl (C=O) groups is 3. The average molecular weight is 559 g/mol. The number of nitrogens with one attached hydrogen (secondary N) is 4. The van der Waals surface area contributed by atoms with Crippen molar-refractivity contribution in [1.29, 1.82) is 0 Å². The van der Waals surface area contributed by atoms with Crippen LogP contribution in [0.4, 0.5) is 16.3 Å². The van der Waals surface area contributed by atoms with Crippen LogP contribution in [0.3, 0.4) is 0 Å². The van der Waals surface area contributed by atoms with Crippen LogP contribution < -0.4 is 20.7 Å². The van der Waals surface area contributed by atoms with Crippen LogP contribution in [0.25, 0.3) is 11.0 Å². The molecule has 4 aromatic rings. The van der Waals surface area contributed by atoms with Gasteiger partial charge in [-0.25, -0.2) is 19.6 Å². The maximum absolute atomic E-state index is 13.1. The number of carboxylic acid groups (broad SMARTS) is 1. The molecule has 4 rings (SSSR count). The number of nitrogens with zero attached hydrogens (tertiary/aromatic N) is 2. The molecule has 41 heavy (non-hydrogen) atoms. The van der Waals surface area contributed by atoms with E-state index in [-0.39, 0.29) is 23.8 Å². The lowest BCUT2D eigenvalue weighted by Gasteiger charge is -2.19. The molecule has 1 atom stereocenters. The summed E-state index contributed by atoms with van der Waals surface area (Å²) in [6, 6.07) is 12.7. The van der Waals surface area contributed by atoms with Crippen LogP contribution in [0.5, 0.6) is 5.75 Å². The van der Waals surface area contributed by atoms with E-state index in [0.717, 1.165) is 5.56 Å². The molecule has 11 heteroatoms. The number of aromatic amines is 1. The van der Waals surface area contributed by atoms with E-state index < -0.39 is 18.0 Å². The van der Waals surface area contributed by atoms with E-state index in [0.29, 0.717) is 52.7 Å². The highest BCUT2D eigenvalue weighted by Crippen LogP contribution is 2.28. The molecular weight excluding hydrogens is 524 g/mol. The molecule has 0 aliphatic carbocycles. The van der Waals surface area contributed by atoms with Gasteiger partial charge in [-0.1, -0.05) is 26.0 Å². The van der Waals surface area contributed by atoms with Gasteiger partial charge in [0.15, 0.2) is 0 Å². The lowest BCUT2D eigenvalue weighted by atomic mass is 10.0. The predicted molar refractivity (Wildman–Crippen MR) is 156 cm³/mol. The summed E-state index contributed by atoms with van der Waals surface area (Å²) < 4.78 is 5.75. The Morgan fingerprint density at radius 3 is 2.59 bits per heavy atom. The minimum absolute atomic E-state index is 0.0810. The number of benzene rings is 2. The molecule has 0 fully saturated rings. The van der Waals surface area contributed by atoms with Crippen molar-refractivity contribution in [2.45, 2.75) is 46.6 Å². The molecule has 2 aromatic heterocycles. The van der Waals surface area contributed by atoms with Gasteiger partial charge in [-0.3, -0.25) is 10.1 Å². The van der Waals surface area contributed by atoms with Gasteiger partial charge in [0.05, 0.1) is 41.4 Å². The van der Waals surface area contributed by atoms with E-state index >= 15 is 0 Å². The number of fused-ring (bicyclic) bond motifs is 1. The Labute approximate surface area is 237 Å². The smallest absolute Gasteiger partial charge is 0.335 e. The first-order chi connectivity index (χ1) is 19.6. The molecule has 0 aliphatic heterocycles. The molecule has 0 aliphatic rings. The zero-order chi connectivity index (χ0) is 29.5. The Hall–Kier alpha value is -4.93. The number of anilines is 2. The van der Waals surface area contributed by atoms with Crippen molar-refractivity contribution in [2.75, 3.05) is 17.2 Å². The molecule has 1 unspecified atom stereocenters. The van der Waals surface area contributed by atoms with Gasteiger partial charge in [0, 0.05) is 6.20 Å². The molecule has 5 N–H and O–H groups in total. The number of carboxylic acids is 1. The highest BCUT2D eigenvalue weighted by Gasteiger charge is 2.21. The SMILES string of the molecule is CCOc1cc(CC(=O)NC(CC(C)C)c2nc3ccc(C(=O)O)cc3[nH]2)ccc1NC(=O)Nc1ncccc1C. The second-order valence-corrected chi connectivity index (χ2v) is 10.1. The number of amides is 3. The van der Waals surface area contributed by atoms with Gasteiger partial charge < -0.3 is 25.5 Å². The third-order valence-corrected chi connectivity index (χ3v) is 6.32. The van der Waals surface area contributed by atoms with Crippen molar-refractivity contribution >= 4 is 40.4 Å². The minimum Gasteiger partial charge on any atom is -0.492 e. The third-order valence-electron chi connectivity index (χ3n) is 6.32. The molecule has 214 valence electrons. The number of hydrogen-bond acceptors (Lipinski definition) is 6. The first kappa shape index (κ1) is 29.1. The summed E-state index contributed by atoms with van der Waals surface area (Å²) in [5.74, 6) is 0.489. The van der Waals surface area contributed by atoms with E-state index in [2.05, 4.69) is 44.7 Å². The van der Waals surface area contributed by atoms with Crippen molar-refractivity contribution in [3.05, 3.63) is 77.2 Å². The Bertz CT molecular complexity index is 1560. The van der Waals surface area contributed by atoms with Gasteiger partial charge in [-0.2, -0.15) is 0 Å². The summed E-state index contributed by atoms with van der Waals surface area (Å²) in [4.78, 5) is 49.0. The quantitative estimate of drug-likeness (QED) is 0.164. The highest BCUT2D eigenvalue weighted by atomic mass is 16.5. The topological polar surface area (TPSA) is 158 Å². The monoisotopic (exact) mass is 558 g/mol. The largest absolute Gasteiger partial charge is 0.492 e. The van der Waals surface area contributed by atoms with E-state index in [1.54, 1.807) is 36.5 Å². The number of H-pyrrole nitrogens is 1. The van der Waals surface area contributed by atoms with Gasteiger partial charge in [-0.05, 0) is 73.7 Å². The number of rotatable bonds is 11. The summed E-state index contributed by atoms with van der Waals surface area (Å²) in [7, 11) is 0. The molecule has 0 saturated heterocycles. The highest BCUT2D eigenvalue weighted by molar-refractivity contribution is 6.00. The number of aromatic carboxylic acids is 1. The Morgan fingerprint density at radius 2 is 1.88 bits per heavy atom. The fourth-order valence-corrected chi connectivity index (χ4v) is 4.40. The average Bonchev–Trinajstić information content (AvgIpc) is 3.34. The van der Waals surface area contributed by atoms with E-state index in [1.165, 1.54) is 12.1 Å². The van der Waals surface area contributed by atoms with Gasteiger partial charge in [0.2, 0.25) is 5.91 Å². The normalized spacial score (nSPS) is 11.7. The Balaban J connectivity index is 1.47. The summed E-state index contributed by atoms with van der Waals surface area (Å²) >= 11 is 0.